The Labute approximate surface area is 180 Å². The van der Waals surface area contributed by atoms with Crippen molar-refractivity contribution in [1.29, 1.82) is 0 Å². The van der Waals surface area contributed by atoms with Gasteiger partial charge in [0, 0.05) is 24.1 Å². The lowest BCUT2D eigenvalue weighted by molar-refractivity contribution is -0.178. The second-order valence-electron chi connectivity index (χ2n) is 7.75. The van der Waals surface area contributed by atoms with Crippen LogP contribution in [0, 0.1) is 17.8 Å². The molecule has 1 saturated carbocycles. The summed E-state index contributed by atoms with van der Waals surface area (Å²) in [6, 6.07) is 2.93. The fourth-order valence-corrected chi connectivity index (χ4v) is 3.44. The summed E-state index contributed by atoms with van der Waals surface area (Å²) < 4.78 is 43.5. The van der Waals surface area contributed by atoms with Gasteiger partial charge in [-0.25, -0.2) is 9.78 Å². The molecule has 1 aromatic carbocycles. The summed E-state index contributed by atoms with van der Waals surface area (Å²) in [5, 5.41) is 4.33. The number of alkyl halides is 3. The minimum absolute atomic E-state index is 0.0667. The van der Waals surface area contributed by atoms with Crippen LogP contribution in [0.2, 0.25) is 0 Å². The molecule has 2 aliphatic rings. The number of Topliss-reactive ketones (excluding diaryl/α,β-unsaturated/α-hetero) is 1. The van der Waals surface area contributed by atoms with Crippen LogP contribution in [0.3, 0.4) is 0 Å². The average molecular weight is 445 g/mol. The van der Waals surface area contributed by atoms with Gasteiger partial charge in [-0.15, -0.1) is 0 Å². The van der Waals surface area contributed by atoms with E-state index in [1.807, 2.05) is 5.32 Å². The highest BCUT2D eigenvalue weighted by atomic mass is 19.4. The number of amides is 2. The number of ketones is 1. The third-order valence-electron chi connectivity index (χ3n) is 5.26. The fraction of sp³-hybridized carbons (Fsp3) is 0.333. The molecule has 8 nitrogen and oxygen atoms in total. The van der Waals surface area contributed by atoms with E-state index in [1.54, 1.807) is 0 Å². The number of nitrogen functional groups attached to an aromatic ring is 1. The molecular weight excluding hydrogens is 427 g/mol. The molecule has 0 bridgehead atoms. The smallest absolute Gasteiger partial charge is 0.392 e. The molecule has 2 aromatic rings. The summed E-state index contributed by atoms with van der Waals surface area (Å²) in [6.45, 7) is 1.14. The first kappa shape index (κ1) is 21.4. The molecule has 166 valence electrons. The van der Waals surface area contributed by atoms with Crippen LogP contribution in [-0.4, -0.2) is 27.5 Å². The van der Waals surface area contributed by atoms with Crippen molar-refractivity contribution in [3.63, 3.8) is 0 Å². The number of anilines is 2. The quantitative estimate of drug-likeness (QED) is 0.495. The van der Waals surface area contributed by atoms with Gasteiger partial charge >= 0.3 is 12.2 Å². The van der Waals surface area contributed by atoms with Gasteiger partial charge in [0.2, 0.25) is 5.54 Å². The number of urea groups is 1. The first-order valence-corrected chi connectivity index (χ1v) is 9.69. The zero-order valence-electron chi connectivity index (χ0n) is 16.8. The minimum Gasteiger partial charge on any atom is -0.392 e. The molecule has 1 aliphatic heterocycles. The fourth-order valence-electron chi connectivity index (χ4n) is 3.44. The second kappa shape index (κ2) is 7.40. The van der Waals surface area contributed by atoms with Gasteiger partial charge in [0.15, 0.2) is 5.78 Å². The molecule has 11 heteroatoms. The zero-order valence-corrected chi connectivity index (χ0v) is 16.8. The first-order chi connectivity index (χ1) is 15.0. The Morgan fingerprint density at radius 1 is 1.34 bits per heavy atom. The molecule has 4 N–H and O–H groups in total. The lowest BCUT2D eigenvalue weighted by Crippen LogP contribution is -2.59. The number of carbonyl (C=O) groups is 2. The van der Waals surface area contributed by atoms with Gasteiger partial charge in [-0.05, 0) is 24.5 Å². The van der Waals surface area contributed by atoms with E-state index in [-0.39, 0.29) is 35.1 Å². The third-order valence-corrected chi connectivity index (χ3v) is 5.26. The largest absolute Gasteiger partial charge is 0.427 e. The van der Waals surface area contributed by atoms with Crippen molar-refractivity contribution in [3.8, 4) is 11.8 Å². The number of nitrogens with two attached hydrogens (primary N) is 1. The Morgan fingerprint density at radius 3 is 2.69 bits per heavy atom. The highest BCUT2D eigenvalue weighted by Gasteiger charge is 2.59. The Kier molecular flexibility index (Phi) is 4.96. The van der Waals surface area contributed by atoms with E-state index in [0.29, 0.717) is 5.56 Å². The second-order valence-corrected chi connectivity index (χ2v) is 7.75. The van der Waals surface area contributed by atoms with Crippen LogP contribution in [0.15, 0.2) is 29.3 Å². The van der Waals surface area contributed by atoms with E-state index in [2.05, 4.69) is 22.1 Å². The highest BCUT2D eigenvalue weighted by molar-refractivity contribution is 5.96. The van der Waals surface area contributed by atoms with Crippen LogP contribution in [0.5, 0.6) is 0 Å². The molecule has 1 fully saturated rings. The summed E-state index contributed by atoms with van der Waals surface area (Å²) in [4.78, 5) is 39.9. The van der Waals surface area contributed by atoms with Gasteiger partial charge in [-0.3, -0.25) is 14.2 Å². The lowest BCUT2D eigenvalue weighted by Gasteiger charge is -2.37. The molecule has 0 unspecified atom stereocenters. The number of benzene rings is 1. The Balaban J connectivity index is 1.75. The third kappa shape index (κ3) is 3.68. The summed E-state index contributed by atoms with van der Waals surface area (Å²) in [7, 11) is 0. The molecule has 1 aromatic heterocycles. The Bertz CT molecular complexity index is 1250. The number of fused-ring (bicyclic) bond motifs is 1. The number of nitrogens with one attached hydrogen (secondary N) is 2. The number of rotatable bonds is 3. The molecule has 0 radical (unpaired) electrons. The molecule has 0 saturated heterocycles. The monoisotopic (exact) mass is 445 g/mol. The molecular formula is C21H18F3N5O3. The molecule has 32 heavy (non-hydrogen) atoms. The normalized spacial score (nSPS) is 19.8. The van der Waals surface area contributed by atoms with Crippen molar-refractivity contribution in [3.05, 3.63) is 51.7 Å². The van der Waals surface area contributed by atoms with Crippen LogP contribution < -0.4 is 21.9 Å². The predicted octanol–water partition coefficient (Wildman–Crippen LogP) is 2.38. The molecule has 0 spiro atoms. The van der Waals surface area contributed by atoms with Gasteiger partial charge in [-0.1, -0.05) is 24.0 Å². The van der Waals surface area contributed by atoms with Crippen LogP contribution in [0.4, 0.5) is 29.3 Å². The molecule has 2 heterocycles. The number of carbonyl (C=O) groups excluding carboxylic acids is 2. The number of hydrogen-bond acceptors (Lipinski definition) is 5. The minimum atomic E-state index is -4.86. The Morgan fingerprint density at radius 2 is 2.06 bits per heavy atom. The SMILES string of the molecule is CC(=O)c1ncn(Cc2ccc3c(c2)NC(=O)N[C@]3(C#CC2CC2)C(F)(F)F)c(=O)c1N. The maximum Gasteiger partial charge on any atom is 0.427 e. The van der Waals surface area contributed by atoms with Crippen LogP contribution in [-0.2, 0) is 12.1 Å². The van der Waals surface area contributed by atoms with Crippen LogP contribution >= 0.6 is 0 Å². The van der Waals surface area contributed by atoms with Crippen molar-refractivity contribution in [2.75, 3.05) is 11.1 Å². The lowest BCUT2D eigenvalue weighted by atomic mass is 9.85. The first-order valence-electron chi connectivity index (χ1n) is 9.69. The van der Waals surface area contributed by atoms with E-state index >= 15 is 0 Å². The molecule has 1 atom stereocenters. The number of nitrogens with zero attached hydrogens (tertiary/aromatic N) is 2. The van der Waals surface area contributed by atoms with E-state index < -0.39 is 29.1 Å². The maximum atomic E-state index is 14.1. The standard InChI is InChI=1S/C21H18F3N5O3/c1-11(30)17-16(25)18(31)29(10-26-17)9-13-4-5-14-15(8-13)27-19(32)28-20(14,21(22,23)24)7-6-12-2-3-12/h4-5,8,10,12H,2-3,9,25H2,1H3,(H2,27,28,32)/t20-/m0/s1. The van der Waals surface area contributed by atoms with Gasteiger partial charge in [0.1, 0.15) is 11.4 Å². The summed E-state index contributed by atoms with van der Waals surface area (Å²) in [5.41, 5.74) is 1.83. The molecule has 1 aliphatic carbocycles. The van der Waals surface area contributed by atoms with Crippen molar-refractivity contribution < 1.29 is 22.8 Å². The average Bonchev–Trinajstić information content (AvgIpc) is 3.52. The maximum absolute atomic E-state index is 14.1. The van der Waals surface area contributed by atoms with E-state index in [9.17, 15) is 27.6 Å². The van der Waals surface area contributed by atoms with E-state index in [1.165, 1.54) is 25.1 Å². The van der Waals surface area contributed by atoms with E-state index in [4.69, 9.17) is 5.73 Å². The summed E-state index contributed by atoms with van der Waals surface area (Å²) in [5.74, 6) is 4.30. The Hall–Kier alpha value is -3.81. The van der Waals surface area contributed by atoms with Gasteiger partial charge in [0.25, 0.3) is 5.56 Å². The highest BCUT2D eigenvalue weighted by Crippen LogP contribution is 2.44. The van der Waals surface area contributed by atoms with Crippen molar-refractivity contribution >= 4 is 23.2 Å². The van der Waals surface area contributed by atoms with Crippen molar-refractivity contribution in [2.45, 2.75) is 38.0 Å². The summed E-state index contributed by atoms with van der Waals surface area (Å²) >= 11 is 0. The van der Waals surface area contributed by atoms with Gasteiger partial charge in [0.05, 0.1) is 12.9 Å². The number of hydrogen-bond donors (Lipinski definition) is 3. The summed E-state index contributed by atoms with van der Waals surface area (Å²) in [6.07, 6.45) is -2.27. The topological polar surface area (TPSA) is 119 Å². The van der Waals surface area contributed by atoms with Crippen molar-refractivity contribution in [2.24, 2.45) is 5.92 Å². The van der Waals surface area contributed by atoms with Crippen LogP contribution in [0.25, 0.3) is 0 Å². The molecule has 4 rings (SSSR count). The predicted molar refractivity (Wildman–Crippen MR) is 109 cm³/mol. The van der Waals surface area contributed by atoms with Gasteiger partial charge in [-0.2, -0.15) is 13.2 Å². The van der Waals surface area contributed by atoms with Crippen molar-refractivity contribution in [1.82, 2.24) is 14.9 Å². The number of aromatic nitrogens is 2. The van der Waals surface area contributed by atoms with E-state index in [0.717, 1.165) is 23.7 Å². The van der Waals surface area contributed by atoms with Gasteiger partial charge < -0.3 is 16.4 Å². The number of halogens is 3. The molecule has 2 amide bonds. The zero-order chi connectivity index (χ0) is 23.3. The van der Waals surface area contributed by atoms with Crippen LogP contribution in [0.1, 0.15) is 41.4 Å².